The molecule has 21 heavy (non-hydrogen) atoms. The second-order valence-electron chi connectivity index (χ2n) is 4.70. The zero-order chi connectivity index (χ0) is 14.6. The summed E-state index contributed by atoms with van der Waals surface area (Å²) in [5.41, 5.74) is 1.22. The first-order chi connectivity index (χ1) is 9.77. The van der Waals surface area contributed by atoms with Gasteiger partial charge in [-0.05, 0) is 37.8 Å². The summed E-state index contributed by atoms with van der Waals surface area (Å²) in [5, 5.41) is 3.33. The van der Waals surface area contributed by atoms with E-state index in [1.54, 1.807) is 6.20 Å². The highest BCUT2D eigenvalue weighted by atomic mass is 127. The number of pyridine rings is 1. The average Bonchev–Trinajstić information content (AvgIpc) is 2.47. The van der Waals surface area contributed by atoms with Gasteiger partial charge < -0.3 is 10.2 Å². The molecule has 0 fully saturated rings. The highest BCUT2D eigenvalue weighted by Crippen LogP contribution is 1.99. The van der Waals surface area contributed by atoms with Crippen LogP contribution in [-0.4, -0.2) is 42.5 Å². The van der Waals surface area contributed by atoms with Crippen LogP contribution < -0.4 is 5.32 Å². The first-order valence-electron chi connectivity index (χ1n) is 7.27. The summed E-state index contributed by atoms with van der Waals surface area (Å²) in [6.07, 6.45) is 8.72. The monoisotopic (exact) mass is 402 g/mol. The van der Waals surface area contributed by atoms with E-state index >= 15 is 0 Å². The molecular weight excluding hydrogens is 375 g/mol. The summed E-state index contributed by atoms with van der Waals surface area (Å²) < 4.78 is 0. The summed E-state index contributed by atoms with van der Waals surface area (Å²) >= 11 is 0. The second kappa shape index (κ2) is 12.6. The number of rotatable bonds is 8. The zero-order valence-electron chi connectivity index (χ0n) is 13.1. The van der Waals surface area contributed by atoms with Crippen LogP contribution in [0.3, 0.4) is 0 Å². The average molecular weight is 402 g/mol. The van der Waals surface area contributed by atoms with Crippen molar-refractivity contribution in [2.45, 2.75) is 26.2 Å². The van der Waals surface area contributed by atoms with Gasteiger partial charge in [-0.3, -0.25) is 9.98 Å². The molecule has 0 bridgehead atoms. The van der Waals surface area contributed by atoms with Gasteiger partial charge in [0.05, 0.1) is 0 Å². The maximum Gasteiger partial charge on any atom is 0.193 e. The van der Waals surface area contributed by atoms with Crippen molar-refractivity contribution < 1.29 is 0 Å². The Morgan fingerprint density at radius 3 is 2.95 bits per heavy atom. The Morgan fingerprint density at radius 2 is 2.33 bits per heavy atom. The van der Waals surface area contributed by atoms with E-state index in [0.29, 0.717) is 0 Å². The minimum Gasteiger partial charge on any atom is -0.357 e. The van der Waals surface area contributed by atoms with Gasteiger partial charge in [-0.15, -0.1) is 30.6 Å². The van der Waals surface area contributed by atoms with Crippen molar-refractivity contribution in [3.05, 3.63) is 42.7 Å². The van der Waals surface area contributed by atoms with Crippen LogP contribution in [0.2, 0.25) is 0 Å². The van der Waals surface area contributed by atoms with E-state index in [4.69, 9.17) is 0 Å². The highest BCUT2D eigenvalue weighted by Gasteiger charge is 2.04. The molecule has 0 unspecified atom stereocenters. The van der Waals surface area contributed by atoms with Gasteiger partial charge >= 0.3 is 0 Å². The van der Waals surface area contributed by atoms with Gasteiger partial charge in [0.15, 0.2) is 5.96 Å². The number of unbranched alkanes of at least 4 members (excludes halogenated alkanes) is 1. The number of guanidine groups is 1. The lowest BCUT2D eigenvalue weighted by Crippen LogP contribution is -2.39. The normalized spacial score (nSPS) is 10.7. The van der Waals surface area contributed by atoms with Gasteiger partial charge in [0.2, 0.25) is 0 Å². The molecule has 0 spiro atoms. The van der Waals surface area contributed by atoms with Crippen molar-refractivity contribution in [3.8, 4) is 0 Å². The van der Waals surface area contributed by atoms with Gasteiger partial charge in [-0.2, -0.15) is 0 Å². The van der Waals surface area contributed by atoms with Gasteiger partial charge in [0, 0.05) is 39.1 Å². The summed E-state index contributed by atoms with van der Waals surface area (Å²) in [5.74, 6) is 0.973. The molecule has 118 valence electrons. The molecule has 1 aromatic heterocycles. The number of hydrogen-bond acceptors (Lipinski definition) is 2. The Kier molecular flexibility index (Phi) is 12.0. The molecule has 0 aromatic carbocycles. The minimum absolute atomic E-state index is 0. The third-order valence-corrected chi connectivity index (χ3v) is 2.98. The lowest BCUT2D eigenvalue weighted by Gasteiger charge is -2.21. The smallest absolute Gasteiger partial charge is 0.193 e. The van der Waals surface area contributed by atoms with E-state index in [1.807, 2.05) is 18.3 Å². The van der Waals surface area contributed by atoms with Crippen molar-refractivity contribution in [2.24, 2.45) is 4.99 Å². The minimum atomic E-state index is 0. The molecule has 0 saturated heterocycles. The van der Waals surface area contributed by atoms with Crippen LogP contribution in [0.5, 0.6) is 0 Å². The predicted octanol–water partition coefficient (Wildman–Crippen LogP) is 3.11. The van der Waals surface area contributed by atoms with E-state index in [9.17, 15) is 0 Å². The fourth-order valence-electron chi connectivity index (χ4n) is 1.89. The van der Waals surface area contributed by atoms with E-state index < -0.39 is 0 Å². The number of allylic oxidation sites excluding steroid dienone is 1. The number of nitrogens with one attached hydrogen (secondary N) is 1. The summed E-state index contributed by atoms with van der Waals surface area (Å²) in [7, 11) is 2.08. The largest absolute Gasteiger partial charge is 0.357 e. The van der Waals surface area contributed by atoms with Crippen molar-refractivity contribution in [1.29, 1.82) is 0 Å². The van der Waals surface area contributed by atoms with Crippen molar-refractivity contribution >= 4 is 29.9 Å². The number of halogens is 1. The highest BCUT2D eigenvalue weighted by molar-refractivity contribution is 14.0. The third kappa shape index (κ3) is 8.70. The molecule has 0 radical (unpaired) electrons. The fraction of sp³-hybridized carbons (Fsp3) is 0.500. The van der Waals surface area contributed by atoms with Crippen molar-refractivity contribution in [3.63, 3.8) is 0 Å². The number of aliphatic imine (C=N–C) groups is 1. The maximum atomic E-state index is 4.67. The fourth-order valence-corrected chi connectivity index (χ4v) is 1.89. The lowest BCUT2D eigenvalue weighted by atomic mass is 10.2. The zero-order valence-corrected chi connectivity index (χ0v) is 15.4. The Labute approximate surface area is 145 Å². The quantitative estimate of drug-likeness (QED) is 0.239. The van der Waals surface area contributed by atoms with E-state index in [-0.39, 0.29) is 24.0 Å². The van der Waals surface area contributed by atoms with Crippen LogP contribution in [0.4, 0.5) is 0 Å². The number of aromatic nitrogens is 1. The molecule has 0 aliphatic carbocycles. The van der Waals surface area contributed by atoms with Crippen molar-refractivity contribution in [2.75, 3.05) is 26.7 Å². The first-order valence-corrected chi connectivity index (χ1v) is 7.27. The van der Waals surface area contributed by atoms with Crippen molar-refractivity contribution in [1.82, 2.24) is 15.2 Å². The number of hydrogen-bond donors (Lipinski definition) is 1. The van der Waals surface area contributed by atoms with Gasteiger partial charge in [-0.1, -0.05) is 12.1 Å². The van der Waals surface area contributed by atoms with Gasteiger partial charge in [-0.25, -0.2) is 0 Å². The topological polar surface area (TPSA) is 40.5 Å². The molecule has 1 N–H and O–H groups in total. The molecule has 1 aromatic rings. The second-order valence-corrected chi connectivity index (χ2v) is 4.70. The molecule has 0 saturated carbocycles. The third-order valence-electron chi connectivity index (χ3n) is 2.98. The Morgan fingerprint density at radius 1 is 1.52 bits per heavy atom. The molecule has 0 amide bonds. The Bertz CT molecular complexity index is 406. The predicted molar refractivity (Wildman–Crippen MR) is 101 cm³/mol. The maximum absolute atomic E-state index is 4.67. The summed E-state index contributed by atoms with van der Waals surface area (Å²) in [4.78, 5) is 11.0. The SMILES string of the molecule is C=CCCCN(C)C(=NCCc1cccnc1)NCC.I. The van der Waals surface area contributed by atoms with Crippen LogP contribution >= 0.6 is 24.0 Å². The van der Waals surface area contributed by atoms with Gasteiger partial charge in [0.25, 0.3) is 0 Å². The molecule has 0 aliphatic rings. The van der Waals surface area contributed by atoms with E-state index in [0.717, 1.165) is 44.9 Å². The molecule has 0 atom stereocenters. The molecule has 5 heteroatoms. The van der Waals surface area contributed by atoms with Crippen LogP contribution in [0, 0.1) is 0 Å². The molecule has 1 heterocycles. The van der Waals surface area contributed by atoms with Crippen LogP contribution in [-0.2, 0) is 6.42 Å². The first kappa shape index (κ1) is 19.9. The Balaban J connectivity index is 0.00000400. The van der Waals surface area contributed by atoms with Crippen LogP contribution in [0.15, 0.2) is 42.2 Å². The molecule has 1 rings (SSSR count). The molecular formula is C16H27IN4. The standard InChI is InChI=1S/C16H26N4.HI/c1-4-6-7-13-20(3)16(18-5-2)19-12-10-15-9-8-11-17-14-15;/h4,8-9,11,14H,1,5-7,10,12-13H2,2-3H3,(H,18,19);1H. The van der Waals surface area contributed by atoms with Crippen LogP contribution in [0.1, 0.15) is 25.3 Å². The molecule has 4 nitrogen and oxygen atoms in total. The molecule has 0 aliphatic heterocycles. The number of nitrogens with zero attached hydrogens (tertiary/aromatic N) is 3. The van der Waals surface area contributed by atoms with Crippen LogP contribution in [0.25, 0.3) is 0 Å². The lowest BCUT2D eigenvalue weighted by molar-refractivity contribution is 0.470. The van der Waals surface area contributed by atoms with Gasteiger partial charge in [0.1, 0.15) is 0 Å². The van der Waals surface area contributed by atoms with E-state index in [2.05, 4.69) is 46.8 Å². The summed E-state index contributed by atoms with van der Waals surface area (Å²) in [6, 6.07) is 4.05. The van der Waals surface area contributed by atoms with E-state index in [1.165, 1.54) is 5.56 Å². The Hall–Kier alpha value is -1.11. The summed E-state index contributed by atoms with van der Waals surface area (Å²) in [6.45, 7) is 8.50.